The first-order chi connectivity index (χ1) is 9.24. The summed E-state index contributed by atoms with van der Waals surface area (Å²) in [7, 11) is 0. The molecule has 0 atom stereocenters. The van der Waals surface area contributed by atoms with Crippen LogP contribution in [0.5, 0.6) is 0 Å². The molecule has 0 fully saturated rings. The topological polar surface area (TPSA) is 30.0 Å². The second-order valence-corrected chi connectivity index (χ2v) is 6.73. The lowest BCUT2D eigenvalue weighted by molar-refractivity contribution is 0.0995. The number of fused-ring (bicyclic) bond motifs is 1. The van der Waals surface area contributed by atoms with E-state index in [0.29, 0.717) is 6.42 Å². The number of rotatable bonds is 3. The monoisotopic (exact) mass is 331 g/mol. The molecular formula is C15H10BrNOS. The molecule has 0 aliphatic heterocycles. The number of Topliss-reactive ketones (excluding diaryl/α,β-unsaturated/α-hetero) is 1. The summed E-state index contributed by atoms with van der Waals surface area (Å²) >= 11 is 5.01. The van der Waals surface area contributed by atoms with E-state index in [0.717, 1.165) is 25.1 Å². The van der Waals surface area contributed by atoms with Crippen LogP contribution in [0, 0.1) is 0 Å². The highest BCUT2D eigenvalue weighted by Crippen LogP contribution is 2.24. The van der Waals surface area contributed by atoms with Crippen molar-refractivity contribution in [2.45, 2.75) is 6.42 Å². The van der Waals surface area contributed by atoms with Gasteiger partial charge in [-0.2, -0.15) is 0 Å². The molecule has 1 aromatic carbocycles. The molecular weight excluding hydrogens is 322 g/mol. The van der Waals surface area contributed by atoms with Crippen molar-refractivity contribution in [2.75, 3.05) is 0 Å². The summed E-state index contributed by atoms with van der Waals surface area (Å²) in [5.41, 5.74) is 1.61. The Balaban J connectivity index is 1.97. The fourth-order valence-electron chi connectivity index (χ4n) is 2.04. The summed E-state index contributed by atoms with van der Waals surface area (Å²) in [6.07, 6.45) is 2.13. The van der Waals surface area contributed by atoms with Gasteiger partial charge in [0.25, 0.3) is 0 Å². The van der Waals surface area contributed by atoms with Gasteiger partial charge in [0, 0.05) is 28.4 Å². The number of nitrogens with zero attached hydrogens (tertiary/aromatic N) is 1. The molecule has 19 heavy (non-hydrogen) atoms. The van der Waals surface area contributed by atoms with Gasteiger partial charge in [0.15, 0.2) is 5.78 Å². The van der Waals surface area contributed by atoms with Gasteiger partial charge >= 0.3 is 0 Å². The Morgan fingerprint density at radius 3 is 2.79 bits per heavy atom. The Labute approximate surface area is 123 Å². The first kappa shape index (κ1) is 12.5. The number of aromatic nitrogens is 1. The van der Waals surface area contributed by atoms with Crippen LogP contribution in [0.2, 0.25) is 0 Å². The molecule has 2 heterocycles. The third-order valence-electron chi connectivity index (χ3n) is 2.91. The zero-order valence-corrected chi connectivity index (χ0v) is 12.4. The molecule has 3 aromatic rings. The van der Waals surface area contributed by atoms with E-state index in [1.54, 1.807) is 23.6 Å². The number of carbonyl (C=O) groups excluding carboxylic acids is 1. The van der Waals surface area contributed by atoms with Crippen molar-refractivity contribution < 1.29 is 4.79 Å². The van der Waals surface area contributed by atoms with E-state index in [-0.39, 0.29) is 5.78 Å². The lowest BCUT2D eigenvalue weighted by Gasteiger charge is -2.04. The average molecular weight is 332 g/mol. The Morgan fingerprint density at radius 1 is 1.16 bits per heavy atom. The zero-order chi connectivity index (χ0) is 13.2. The Morgan fingerprint density at radius 2 is 2.00 bits per heavy atom. The molecule has 2 nitrogen and oxygen atoms in total. The fraction of sp³-hybridized carbons (Fsp3) is 0.0667. The minimum atomic E-state index is 0.132. The second-order valence-electron chi connectivity index (χ2n) is 4.18. The van der Waals surface area contributed by atoms with E-state index in [1.807, 2.05) is 36.4 Å². The minimum Gasteiger partial charge on any atom is -0.294 e. The van der Waals surface area contributed by atoms with Crippen molar-refractivity contribution >= 4 is 44.0 Å². The van der Waals surface area contributed by atoms with Crippen molar-refractivity contribution in [2.24, 2.45) is 0 Å². The van der Waals surface area contributed by atoms with Gasteiger partial charge < -0.3 is 0 Å². The van der Waals surface area contributed by atoms with Crippen LogP contribution in [0.25, 0.3) is 10.9 Å². The maximum atomic E-state index is 12.4. The predicted octanol–water partition coefficient (Wildman–Crippen LogP) is 4.48. The number of hydrogen-bond donors (Lipinski definition) is 0. The standard InChI is InChI=1S/C15H10BrNOS/c16-15-6-5-10(19-15)9-14(18)12-7-8-17-13-4-2-1-3-11(12)13/h1-8H,9H2. The molecule has 0 aliphatic rings. The number of para-hydroxylation sites is 1. The van der Waals surface area contributed by atoms with E-state index >= 15 is 0 Å². The summed E-state index contributed by atoms with van der Waals surface area (Å²) in [6.45, 7) is 0. The summed E-state index contributed by atoms with van der Waals surface area (Å²) < 4.78 is 1.05. The number of halogens is 1. The molecule has 94 valence electrons. The highest BCUT2D eigenvalue weighted by atomic mass is 79.9. The van der Waals surface area contributed by atoms with Crippen LogP contribution in [0.1, 0.15) is 15.2 Å². The maximum Gasteiger partial charge on any atom is 0.168 e. The number of ketones is 1. The van der Waals surface area contributed by atoms with E-state index in [9.17, 15) is 4.79 Å². The SMILES string of the molecule is O=C(Cc1ccc(Br)s1)c1ccnc2ccccc12. The van der Waals surface area contributed by atoms with Gasteiger partial charge in [-0.1, -0.05) is 18.2 Å². The molecule has 0 radical (unpaired) electrons. The molecule has 0 aliphatic carbocycles. The zero-order valence-electron chi connectivity index (χ0n) is 9.97. The smallest absolute Gasteiger partial charge is 0.168 e. The van der Waals surface area contributed by atoms with Crippen LogP contribution in [0.15, 0.2) is 52.4 Å². The lowest BCUT2D eigenvalue weighted by Crippen LogP contribution is -2.03. The van der Waals surface area contributed by atoms with E-state index < -0.39 is 0 Å². The highest BCUT2D eigenvalue weighted by Gasteiger charge is 2.12. The quantitative estimate of drug-likeness (QED) is 0.662. The van der Waals surface area contributed by atoms with Gasteiger partial charge in [-0.3, -0.25) is 9.78 Å². The van der Waals surface area contributed by atoms with Crippen molar-refractivity contribution in [3.63, 3.8) is 0 Å². The van der Waals surface area contributed by atoms with Gasteiger partial charge in [-0.15, -0.1) is 11.3 Å². The van der Waals surface area contributed by atoms with E-state index in [4.69, 9.17) is 0 Å². The highest BCUT2D eigenvalue weighted by molar-refractivity contribution is 9.11. The van der Waals surface area contributed by atoms with Crippen LogP contribution < -0.4 is 0 Å². The fourth-order valence-corrected chi connectivity index (χ4v) is 3.52. The number of carbonyl (C=O) groups is 1. The molecule has 0 saturated heterocycles. The van der Waals surface area contributed by atoms with E-state index in [1.165, 1.54) is 0 Å². The molecule has 2 aromatic heterocycles. The molecule has 0 saturated carbocycles. The number of hydrogen-bond acceptors (Lipinski definition) is 3. The third-order valence-corrected chi connectivity index (χ3v) is 4.54. The van der Waals surface area contributed by atoms with Crippen LogP contribution in [0.4, 0.5) is 0 Å². The predicted molar refractivity (Wildman–Crippen MR) is 81.8 cm³/mol. The van der Waals surface area contributed by atoms with E-state index in [2.05, 4.69) is 20.9 Å². The first-order valence-electron chi connectivity index (χ1n) is 5.85. The van der Waals surface area contributed by atoms with Gasteiger partial charge in [-0.05, 0) is 40.2 Å². The molecule has 0 N–H and O–H groups in total. The summed E-state index contributed by atoms with van der Waals surface area (Å²) in [4.78, 5) is 17.7. The van der Waals surface area contributed by atoms with Crippen LogP contribution in [-0.2, 0) is 6.42 Å². The van der Waals surface area contributed by atoms with Crippen molar-refractivity contribution in [1.29, 1.82) is 0 Å². The van der Waals surface area contributed by atoms with Gasteiger partial charge in [0.05, 0.1) is 9.30 Å². The van der Waals surface area contributed by atoms with Crippen LogP contribution in [0.3, 0.4) is 0 Å². The molecule has 0 unspecified atom stereocenters. The molecule has 3 rings (SSSR count). The van der Waals surface area contributed by atoms with Crippen molar-refractivity contribution in [3.8, 4) is 0 Å². The molecule has 4 heteroatoms. The summed E-state index contributed by atoms with van der Waals surface area (Å²) in [5, 5.41) is 0.922. The van der Waals surface area contributed by atoms with Gasteiger partial charge in [-0.25, -0.2) is 0 Å². The Bertz CT molecular complexity index is 745. The normalized spacial score (nSPS) is 10.8. The summed E-state index contributed by atoms with van der Waals surface area (Å²) in [5.74, 6) is 0.132. The average Bonchev–Trinajstić information content (AvgIpc) is 2.83. The minimum absolute atomic E-state index is 0.132. The van der Waals surface area contributed by atoms with Crippen LogP contribution in [-0.4, -0.2) is 10.8 Å². The second kappa shape index (κ2) is 5.23. The molecule has 0 spiro atoms. The van der Waals surface area contributed by atoms with Crippen LogP contribution >= 0.6 is 27.3 Å². The van der Waals surface area contributed by atoms with Crippen molar-refractivity contribution in [1.82, 2.24) is 4.98 Å². The number of pyridine rings is 1. The Kier molecular flexibility index (Phi) is 3.44. The summed E-state index contributed by atoms with van der Waals surface area (Å²) in [6, 6.07) is 13.5. The third kappa shape index (κ3) is 2.60. The van der Waals surface area contributed by atoms with Crippen molar-refractivity contribution in [3.05, 3.63) is 62.9 Å². The number of benzene rings is 1. The lowest BCUT2D eigenvalue weighted by atomic mass is 10.0. The number of thiophene rings is 1. The molecule has 0 bridgehead atoms. The van der Waals surface area contributed by atoms with Gasteiger partial charge in [0.1, 0.15) is 0 Å². The Hall–Kier alpha value is -1.52. The largest absolute Gasteiger partial charge is 0.294 e. The molecule has 0 amide bonds. The van der Waals surface area contributed by atoms with Gasteiger partial charge in [0.2, 0.25) is 0 Å². The maximum absolute atomic E-state index is 12.4. The first-order valence-corrected chi connectivity index (χ1v) is 7.46.